The van der Waals surface area contributed by atoms with Gasteiger partial charge in [0.1, 0.15) is 0 Å². The van der Waals surface area contributed by atoms with Gasteiger partial charge in [-0.2, -0.15) is 0 Å². The third-order valence-electron chi connectivity index (χ3n) is 0. The van der Waals surface area contributed by atoms with E-state index >= 15 is 0 Å². The molecule has 0 aromatic heterocycles. The Kier molecular flexibility index (Phi) is 24.4. The van der Waals surface area contributed by atoms with Crippen LogP contribution in [-0.4, -0.2) is 0 Å². The first-order valence-electron chi connectivity index (χ1n) is 0.463. The van der Waals surface area contributed by atoms with E-state index in [2.05, 4.69) is 0 Å². The summed E-state index contributed by atoms with van der Waals surface area (Å²) in [6.45, 7) is 0. The predicted molar refractivity (Wildman–Crippen MR) is 1.37 cm³/mol. The molecule has 6 heteroatoms. The first-order valence-corrected chi connectivity index (χ1v) is 1.91. The number of hydrogen-bond acceptors (Lipinski definition) is 3. The van der Waals surface area contributed by atoms with Crippen LogP contribution in [0.5, 0.6) is 0 Å². The zero-order valence-electron chi connectivity index (χ0n) is 2.39. The molecule has 0 aromatic carbocycles. The normalized spacial score (nSPS) is 5.83. The molecule has 0 aliphatic heterocycles. The van der Waals surface area contributed by atoms with Crippen LogP contribution in [0.25, 0.3) is 0 Å². The standard InChI is InChI=1S/2Mn.4O/q;;;-2;2*-1. The Bertz CT molecular complexity index is 28.5. The summed E-state index contributed by atoms with van der Waals surface area (Å²) in [5, 5.41) is 0. The van der Waals surface area contributed by atoms with Gasteiger partial charge in [-0.1, -0.05) is 0 Å². The van der Waals surface area contributed by atoms with E-state index in [4.69, 9.17) is 12.2 Å². The Labute approximate surface area is 49.7 Å². The third-order valence-corrected chi connectivity index (χ3v) is 0. The molecule has 0 saturated carbocycles. The van der Waals surface area contributed by atoms with Crippen LogP contribution in [0.15, 0.2) is 0 Å². The second kappa shape index (κ2) is 9.21. The maximum atomic E-state index is 8.52. The monoisotopic (exact) mass is 174 g/mol. The van der Waals surface area contributed by atoms with E-state index in [1.807, 2.05) is 0 Å². The molecule has 0 aromatic rings. The van der Waals surface area contributed by atoms with Gasteiger partial charge >= 0.3 is 26.7 Å². The van der Waals surface area contributed by atoms with E-state index in [1.165, 1.54) is 0 Å². The summed E-state index contributed by atoms with van der Waals surface area (Å²) in [6.07, 6.45) is 0. The fourth-order valence-electron chi connectivity index (χ4n) is 0. The van der Waals surface area contributed by atoms with Gasteiger partial charge in [0, 0.05) is 17.1 Å². The van der Waals surface area contributed by atoms with E-state index in [1.54, 1.807) is 0 Å². The molecule has 1 radical (unpaired) electrons. The summed E-state index contributed by atoms with van der Waals surface area (Å²) in [4.78, 5) is 0. The minimum atomic E-state index is -3.65. The Hall–Kier alpha value is 0.719. The Morgan fingerprint density at radius 3 is 1.33 bits per heavy atom. The van der Waals surface area contributed by atoms with E-state index in [9.17, 15) is 0 Å². The van der Waals surface area contributed by atoms with Crippen molar-refractivity contribution in [2.45, 2.75) is 0 Å². The zero-order valence-corrected chi connectivity index (χ0v) is 4.75. The molecule has 0 atom stereocenters. The van der Waals surface area contributed by atoms with E-state index in [-0.39, 0.29) is 22.5 Å². The number of hydrogen-bond donors (Lipinski definition) is 0. The van der Waals surface area contributed by atoms with Crippen molar-refractivity contribution in [2.24, 2.45) is 0 Å². The molecular weight excluding hydrogens is 174 g/mol. The molecule has 0 rings (SSSR count). The van der Waals surface area contributed by atoms with Crippen LogP contribution in [0.1, 0.15) is 0 Å². The molecule has 0 saturated heterocycles. The fraction of sp³-hybridized carbons (Fsp3) is 0. The average molecular weight is 174 g/mol. The Balaban J connectivity index is -0.0000000450. The molecule has 0 unspecified atom stereocenters. The van der Waals surface area contributed by atoms with Crippen molar-refractivity contribution in [3.63, 3.8) is 0 Å². The van der Waals surface area contributed by atoms with Gasteiger partial charge in [-0.05, 0) is 0 Å². The summed E-state index contributed by atoms with van der Waals surface area (Å²) in [7, 11) is 0. The molecule has 0 amide bonds. The molecular formula is Mn2O4-4. The SMILES string of the molecule is [Mn].[O-2].[O]=[Mn]([O-])[O-]. The molecule has 0 aliphatic rings. The molecule has 0 spiro atoms. The van der Waals surface area contributed by atoms with E-state index < -0.39 is 14.5 Å². The first kappa shape index (κ1) is 15.9. The summed E-state index contributed by atoms with van der Waals surface area (Å²) in [5.74, 6) is 0. The predicted octanol–water partition coefficient (Wildman–Crippen LogP) is -2.62. The molecule has 0 N–H and O–H groups in total. The molecule has 0 aliphatic carbocycles. The van der Waals surface area contributed by atoms with Crippen molar-refractivity contribution in [1.29, 1.82) is 0 Å². The fourth-order valence-corrected chi connectivity index (χ4v) is 0. The number of rotatable bonds is 0. The molecule has 0 bridgehead atoms. The summed E-state index contributed by atoms with van der Waals surface area (Å²) in [5.41, 5.74) is 0. The summed E-state index contributed by atoms with van der Waals surface area (Å²) in [6, 6.07) is 0. The minimum absolute atomic E-state index is 0. The van der Waals surface area contributed by atoms with Crippen molar-refractivity contribution >= 4 is 0 Å². The van der Waals surface area contributed by atoms with E-state index in [0.29, 0.717) is 0 Å². The maximum absolute atomic E-state index is 8.52. The second-order valence-electron chi connectivity index (χ2n) is 0.189. The van der Waals surface area contributed by atoms with Crippen LogP contribution in [-0.2, 0) is 40.9 Å². The second-order valence-corrected chi connectivity index (χ2v) is 0.779. The molecule has 0 fully saturated rings. The van der Waals surface area contributed by atoms with Gasteiger partial charge in [0.2, 0.25) is 0 Å². The van der Waals surface area contributed by atoms with Crippen LogP contribution in [0.4, 0.5) is 0 Å². The first-order chi connectivity index (χ1) is 1.73. The Morgan fingerprint density at radius 2 is 1.33 bits per heavy atom. The summed E-state index contributed by atoms with van der Waals surface area (Å²) >= 11 is -3.65. The topological polar surface area (TPSA) is 91.7 Å². The van der Waals surface area contributed by atoms with Gasteiger partial charge < -0.3 is 5.48 Å². The molecule has 6 heavy (non-hydrogen) atoms. The average Bonchev–Trinajstić information content (AvgIpc) is 0.811. The van der Waals surface area contributed by atoms with E-state index in [0.717, 1.165) is 0 Å². The van der Waals surface area contributed by atoms with Crippen LogP contribution in [0.2, 0.25) is 0 Å². The van der Waals surface area contributed by atoms with Crippen LogP contribution < -0.4 is 8.38 Å². The Morgan fingerprint density at radius 1 is 1.33 bits per heavy atom. The van der Waals surface area contributed by atoms with Crippen LogP contribution in [0.3, 0.4) is 0 Å². The van der Waals surface area contributed by atoms with Crippen molar-refractivity contribution in [3.05, 3.63) is 0 Å². The molecule has 4 nitrogen and oxygen atoms in total. The van der Waals surface area contributed by atoms with Crippen molar-refractivity contribution in [3.8, 4) is 0 Å². The van der Waals surface area contributed by atoms with Gasteiger partial charge in [-0.3, -0.25) is 0 Å². The van der Waals surface area contributed by atoms with Gasteiger partial charge in [0.05, 0.1) is 0 Å². The van der Waals surface area contributed by atoms with Crippen LogP contribution >= 0.6 is 0 Å². The molecule has 0 heterocycles. The van der Waals surface area contributed by atoms with Gasteiger partial charge in [0.15, 0.2) is 0 Å². The van der Waals surface area contributed by atoms with Crippen molar-refractivity contribution in [1.82, 2.24) is 0 Å². The van der Waals surface area contributed by atoms with Gasteiger partial charge in [0.25, 0.3) is 0 Å². The summed E-state index contributed by atoms with van der Waals surface area (Å²) < 4.78 is 25.6. The van der Waals surface area contributed by atoms with Crippen molar-refractivity contribution < 1.29 is 49.2 Å². The molecule has 42 valence electrons. The van der Waals surface area contributed by atoms with Crippen molar-refractivity contribution in [2.75, 3.05) is 0 Å². The van der Waals surface area contributed by atoms with Gasteiger partial charge in [-0.25, -0.2) is 0 Å². The van der Waals surface area contributed by atoms with Crippen LogP contribution in [0, 0.1) is 0 Å². The zero-order chi connectivity index (χ0) is 3.58. The third kappa shape index (κ3) is 126. The quantitative estimate of drug-likeness (QED) is 0.376. The van der Waals surface area contributed by atoms with Gasteiger partial charge in [-0.15, -0.1) is 0 Å².